The molecule has 4 heteroatoms. The Morgan fingerprint density at radius 3 is 2.67 bits per heavy atom. The molecule has 2 unspecified atom stereocenters. The van der Waals surface area contributed by atoms with Gasteiger partial charge in [0.15, 0.2) is 9.84 Å². The monoisotopic (exact) mass is 273 g/mol. The van der Waals surface area contributed by atoms with Crippen LogP contribution < -0.4 is 5.32 Å². The van der Waals surface area contributed by atoms with Gasteiger partial charge in [-0.15, -0.1) is 0 Å². The van der Waals surface area contributed by atoms with E-state index in [0.717, 1.165) is 32.2 Å². The quantitative estimate of drug-likeness (QED) is 0.855. The molecule has 2 aliphatic heterocycles. The van der Waals surface area contributed by atoms with E-state index in [2.05, 4.69) is 19.2 Å². The number of nitrogens with one attached hydrogen (secondary N) is 1. The van der Waals surface area contributed by atoms with Gasteiger partial charge in [-0.2, -0.15) is 0 Å². The van der Waals surface area contributed by atoms with Crippen LogP contribution in [0.15, 0.2) is 0 Å². The van der Waals surface area contributed by atoms with Crippen molar-refractivity contribution in [3.05, 3.63) is 0 Å². The SMILES string of the molecule is CC(C)C1(CCC2CCCS(=O)(=O)C2)CCCN1. The summed E-state index contributed by atoms with van der Waals surface area (Å²) in [5.74, 6) is 1.89. The van der Waals surface area contributed by atoms with Gasteiger partial charge < -0.3 is 5.32 Å². The Hall–Kier alpha value is -0.0900. The van der Waals surface area contributed by atoms with Crippen molar-refractivity contribution in [2.24, 2.45) is 11.8 Å². The number of hydrogen-bond donors (Lipinski definition) is 1. The summed E-state index contributed by atoms with van der Waals surface area (Å²) in [5.41, 5.74) is 0.279. The van der Waals surface area contributed by atoms with Crippen molar-refractivity contribution in [2.75, 3.05) is 18.1 Å². The minimum Gasteiger partial charge on any atom is -0.311 e. The maximum Gasteiger partial charge on any atom is 0.150 e. The van der Waals surface area contributed by atoms with Crippen molar-refractivity contribution in [2.45, 2.75) is 57.9 Å². The molecule has 2 heterocycles. The molecule has 18 heavy (non-hydrogen) atoms. The van der Waals surface area contributed by atoms with Crippen molar-refractivity contribution in [3.63, 3.8) is 0 Å². The van der Waals surface area contributed by atoms with Gasteiger partial charge in [-0.05, 0) is 56.9 Å². The van der Waals surface area contributed by atoms with Crippen LogP contribution in [0.25, 0.3) is 0 Å². The zero-order valence-electron chi connectivity index (χ0n) is 11.7. The van der Waals surface area contributed by atoms with Gasteiger partial charge in [0, 0.05) is 5.54 Å². The van der Waals surface area contributed by atoms with Crippen LogP contribution in [-0.2, 0) is 9.84 Å². The molecule has 0 aromatic heterocycles. The first-order valence-corrected chi connectivity index (χ1v) is 9.21. The highest BCUT2D eigenvalue weighted by molar-refractivity contribution is 7.91. The molecule has 2 saturated heterocycles. The van der Waals surface area contributed by atoms with Crippen molar-refractivity contribution >= 4 is 9.84 Å². The molecule has 2 rings (SSSR count). The molecule has 106 valence electrons. The smallest absolute Gasteiger partial charge is 0.150 e. The predicted molar refractivity (Wildman–Crippen MR) is 75.4 cm³/mol. The molecule has 0 aliphatic carbocycles. The summed E-state index contributed by atoms with van der Waals surface area (Å²) in [4.78, 5) is 0. The fourth-order valence-corrected chi connectivity index (χ4v) is 5.46. The Balaban J connectivity index is 1.90. The van der Waals surface area contributed by atoms with Crippen LogP contribution in [0.3, 0.4) is 0 Å². The van der Waals surface area contributed by atoms with Crippen LogP contribution in [0, 0.1) is 11.8 Å². The van der Waals surface area contributed by atoms with Gasteiger partial charge in [0.1, 0.15) is 0 Å². The van der Waals surface area contributed by atoms with Gasteiger partial charge in [-0.25, -0.2) is 8.42 Å². The van der Waals surface area contributed by atoms with Gasteiger partial charge in [-0.3, -0.25) is 0 Å². The van der Waals surface area contributed by atoms with E-state index in [9.17, 15) is 8.42 Å². The Kier molecular flexibility index (Phi) is 4.37. The maximum atomic E-state index is 11.7. The van der Waals surface area contributed by atoms with E-state index in [-0.39, 0.29) is 5.54 Å². The molecule has 0 saturated carbocycles. The van der Waals surface area contributed by atoms with Crippen molar-refractivity contribution in [3.8, 4) is 0 Å². The molecular weight excluding hydrogens is 246 g/mol. The summed E-state index contributed by atoms with van der Waals surface area (Å²) in [5, 5.41) is 3.68. The first-order chi connectivity index (χ1) is 8.44. The molecule has 0 bridgehead atoms. The third-order valence-electron chi connectivity index (χ3n) is 4.94. The Bertz CT molecular complexity index is 369. The van der Waals surface area contributed by atoms with E-state index in [4.69, 9.17) is 0 Å². The number of hydrogen-bond acceptors (Lipinski definition) is 3. The molecule has 2 atom stereocenters. The Morgan fingerprint density at radius 2 is 2.11 bits per heavy atom. The first-order valence-electron chi connectivity index (χ1n) is 7.39. The van der Waals surface area contributed by atoms with Crippen LogP contribution >= 0.6 is 0 Å². The minimum atomic E-state index is -2.74. The first kappa shape index (κ1) is 14.3. The van der Waals surface area contributed by atoms with E-state index in [1.807, 2.05) is 0 Å². The van der Waals surface area contributed by atoms with Crippen molar-refractivity contribution < 1.29 is 8.42 Å². The molecule has 0 aromatic carbocycles. The summed E-state index contributed by atoms with van der Waals surface area (Å²) in [6.45, 7) is 5.70. The molecule has 0 spiro atoms. The summed E-state index contributed by atoms with van der Waals surface area (Å²) in [6.07, 6.45) is 6.71. The van der Waals surface area contributed by atoms with Gasteiger partial charge >= 0.3 is 0 Å². The Morgan fingerprint density at radius 1 is 1.33 bits per heavy atom. The predicted octanol–water partition coefficient (Wildman–Crippen LogP) is 2.37. The third kappa shape index (κ3) is 3.27. The van der Waals surface area contributed by atoms with Crippen molar-refractivity contribution in [1.29, 1.82) is 0 Å². The lowest BCUT2D eigenvalue weighted by molar-refractivity contribution is 0.230. The summed E-state index contributed by atoms with van der Waals surface area (Å²) < 4.78 is 23.3. The van der Waals surface area contributed by atoms with E-state index in [1.54, 1.807) is 0 Å². The average molecular weight is 273 g/mol. The second-order valence-corrected chi connectivity index (χ2v) is 8.73. The zero-order chi connectivity index (χ0) is 13.2. The largest absolute Gasteiger partial charge is 0.311 e. The van der Waals surface area contributed by atoms with E-state index in [1.165, 1.54) is 12.8 Å². The highest BCUT2D eigenvalue weighted by Gasteiger charge is 2.37. The van der Waals surface area contributed by atoms with Gasteiger partial charge in [0.25, 0.3) is 0 Å². The second-order valence-electron chi connectivity index (χ2n) is 6.50. The van der Waals surface area contributed by atoms with Crippen LogP contribution in [-0.4, -0.2) is 32.0 Å². The Labute approximate surface area is 112 Å². The van der Waals surface area contributed by atoms with Crippen molar-refractivity contribution in [1.82, 2.24) is 5.32 Å². The lowest BCUT2D eigenvalue weighted by Gasteiger charge is -2.36. The average Bonchev–Trinajstić information content (AvgIpc) is 2.75. The molecule has 2 aliphatic rings. The topological polar surface area (TPSA) is 46.2 Å². The summed E-state index contributed by atoms with van der Waals surface area (Å²) in [6, 6.07) is 0. The molecule has 0 radical (unpaired) electrons. The van der Waals surface area contributed by atoms with Crippen LogP contribution in [0.1, 0.15) is 52.4 Å². The van der Waals surface area contributed by atoms with E-state index < -0.39 is 9.84 Å². The highest BCUT2D eigenvalue weighted by Crippen LogP contribution is 2.35. The summed E-state index contributed by atoms with van der Waals surface area (Å²) in [7, 11) is -2.74. The zero-order valence-corrected chi connectivity index (χ0v) is 12.6. The molecule has 0 amide bonds. The highest BCUT2D eigenvalue weighted by atomic mass is 32.2. The number of rotatable bonds is 4. The standard InChI is InChI=1S/C14H27NO2S/c1-12(2)14(7-4-9-15-14)8-6-13-5-3-10-18(16,17)11-13/h12-13,15H,3-11H2,1-2H3. The van der Waals surface area contributed by atoms with Gasteiger partial charge in [-0.1, -0.05) is 13.8 Å². The van der Waals surface area contributed by atoms with Crippen LogP contribution in [0.2, 0.25) is 0 Å². The summed E-state index contributed by atoms with van der Waals surface area (Å²) >= 11 is 0. The normalized spacial score (nSPS) is 36.1. The van der Waals surface area contributed by atoms with E-state index >= 15 is 0 Å². The second kappa shape index (κ2) is 5.49. The van der Waals surface area contributed by atoms with Crippen LogP contribution in [0.4, 0.5) is 0 Å². The molecule has 1 N–H and O–H groups in total. The lowest BCUT2D eigenvalue weighted by Crippen LogP contribution is -2.45. The van der Waals surface area contributed by atoms with Gasteiger partial charge in [0.2, 0.25) is 0 Å². The third-order valence-corrected chi connectivity index (χ3v) is 6.83. The minimum absolute atomic E-state index is 0.279. The molecule has 3 nitrogen and oxygen atoms in total. The molecule has 0 aromatic rings. The fourth-order valence-electron chi connectivity index (χ4n) is 3.63. The lowest BCUT2D eigenvalue weighted by atomic mass is 9.79. The number of sulfone groups is 1. The van der Waals surface area contributed by atoms with Gasteiger partial charge in [0.05, 0.1) is 11.5 Å². The molecule has 2 fully saturated rings. The fraction of sp³-hybridized carbons (Fsp3) is 1.00. The van der Waals surface area contributed by atoms with Crippen LogP contribution in [0.5, 0.6) is 0 Å². The molecular formula is C14H27NO2S. The maximum absolute atomic E-state index is 11.7. The van der Waals surface area contributed by atoms with E-state index in [0.29, 0.717) is 23.3 Å².